The van der Waals surface area contributed by atoms with Gasteiger partial charge in [-0.1, -0.05) is 41.8 Å². The summed E-state index contributed by atoms with van der Waals surface area (Å²) in [7, 11) is 0. The molecule has 3 aromatic rings. The van der Waals surface area contributed by atoms with Crippen LogP contribution >= 0.6 is 11.6 Å². The summed E-state index contributed by atoms with van der Waals surface area (Å²) >= 11 is 6.13. The molecule has 3 heteroatoms. The number of benzene rings is 2. The van der Waals surface area contributed by atoms with Crippen molar-refractivity contribution in [1.29, 1.82) is 0 Å². The minimum absolute atomic E-state index is 0.338. The van der Waals surface area contributed by atoms with E-state index in [9.17, 15) is 0 Å². The van der Waals surface area contributed by atoms with E-state index < -0.39 is 0 Å². The second kappa shape index (κ2) is 5.32. The SMILES string of the molecule is Cc1ccc2nc(Cl)c(C#Cc3ccccc3)nc2c1. The first-order valence-electron chi connectivity index (χ1n) is 6.23. The van der Waals surface area contributed by atoms with Gasteiger partial charge in [-0.3, -0.25) is 0 Å². The normalized spacial score (nSPS) is 10.1. The zero-order valence-corrected chi connectivity index (χ0v) is 11.6. The maximum absolute atomic E-state index is 6.13. The van der Waals surface area contributed by atoms with Gasteiger partial charge in [-0.15, -0.1) is 0 Å². The Kier molecular flexibility index (Phi) is 3.37. The third-order valence-corrected chi connectivity index (χ3v) is 3.14. The topological polar surface area (TPSA) is 25.8 Å². The van der Waals surface area contributed by atoms with Crippen LogP contribution in [-0.4, -0.2) is 9.97 Å². The summed E-state index contributed by atoms with van der Waals surface area (Å²) in [5, 5.41) is 0.338. The molecule has 0 radical (unpaired) electrons. The first-order valence-corrected chi connectivity index (χ1v) is 6.61. The lowest BCUT2D eigenvalue weighted by atomic mass is 10.2. The van der Waals surface area contributed by atoms with E-state index in [2.05, 4.69) is 21.8 Å². The Balaban J connectivity index is 2.08. The zero-order valence-electron chi connectivity index (χ0n) is 10.9. The molecule has 0 bridgehead atoms. The first kappa shape index (κ1) is 12.7. The Morgan fingerprint density at radius 2 is 1.70 bits per heavy atom. The number of aryl methyl sites for hydroxylation is 1. The second-order valence-electron chi connectivity index (χ2n) is 4.47. The molecule has 0 spiro atoms. The predicted molar refractivity (Wildman–Crippen MR) is 81.7 cm³/mol. The van der Waals surface area contributed by atoms with Crippen molar-refractivity contribution in [2.75, 3.05) is 0 Å². The summed E-state index contributed by atoms with van der Waals surface area (Å²) < 4.78 is 0. The lowest BCUT2D eigenvalue weighted by Crippen LogP contribution is -1.91. The zero-order chi connectivity index (χ0) is 13.9. The average Bonchev–Trinajstić information content (AvgIpc) is 2.46. The lowest BCUT2D eigenvalue weighted by Gasteiger charge is -2.00. The molecule has 1 aromatic heterocycles. The maximum atomic E-state index is 6.13. The Bertz CT molecular complexity index is 830. The highest BCUT2D eigenvalue weighted by molar-refractivity contribution is 6.30. The van der Waals surface area contributed by atoms with Crippen LogP contribution in [0.3, 0.4) is 0 Å². The summed E-state index contributed by atoms with van der Waals surface area (Å²) in [5.74, 6) is 6.03. The summed E-state index contributed by atoms with van der Waals surface area (Å²) in [4.78, 5) is 8.81. The molecule has 0 fully saturated rings. The van der Waals surface area contributed by atoms with Gasteiger partial charge >= 0.3 is 0 Å². The van der Waals surface area contributed by atoms with Gasteiger partial charge in [0, 0.05) is 5.56 Å². The fraction of sp³-hybridized carbons (Fsp3) is 0.0588. The summed E-state index contributed by atoms with van der Waals surface area (Å²) in [6.07, 6.45) is 0. The number of nitrogens with zero attached hydrogens (tertiary/aromatic N) is 2. The van der Waals surface area contributed by atoms with Gasteiger partial charge in [0.15, 0.2) is 10.8 Å². The molecule has 0 aliphatic rings. The molecular formula is C17H11ClN2. The number of hydrogen-bond acceptors (Lipinski definition) is 2. The van der Waals surface area contributed by atoms with Crippen molar-refractivity contribution >= 4 is 22.6 Å². The molecule has 1 heterocycles. The number of aromatic nitrogens is 2. The molecular weight excluding hydrogens is 268 g/mol. The van der Waals surface area contributed by atoms with Crippen LogP contribution in [-0.2, 0) is 0 Å². The molecule has 0 saturated carbocycles. The van der Waals surface area contributed by atoms with Gasteiger partial charge in [-0.25, -0.2) is 9.97 Å². The average molecular weight is 279 g/mol. The van der Waals surface area contributed by atoms with E-state index in [1.807, 2.05) is 55.5 Å². The van der Waals surface area contributed by atoms with Crippen molar-refractivity contribution in [1.82, 2.24) is 9.97 Å². The molecule has 0 unspecified atom stereocenters. The van der Waals surface area contributed by atoms with Crippen LogP contribution in [0.15, 0.2) is 48.5 Å². The van der Waals surface area contributed by atoms with Crippen molar-refractivity contribution in [2.24, 2.45) is 0 Å². The molecule has 0 aliphatic carbocycles. The highest BCUT2D eigenvalue weighted by Crippen LogP contribution is 2.17. The van der Waals surface area contributed by atoms with Crippen LogP contribution in [0.2, 0.25) is 5.15 Å². The lowest BCUT2D eigenvalue weighted by molar-refractivity contribution is 1.25. The van der Waals surface area contributed by atoms with E-state index in [-0.39, 0.29) is 0 Å². The smallest absolute Gasteiger partial charge is 0.164 e. The van der Waals surface area contributed by atoms with Crippen LogP contribution in [0.4, 0.5) is 0 Å². The fourth-order valence-electron chi connectivity index (χ4n) is 1.88. The van der Waals surface area contributed by atoms with Crippen LogP contribution in [0.5, 0.6) is 0 Å². The molecule has 96 valence electrons. The molecule has 2 nitrogen and oxygen atoms in total. The minimum Gasteiger partial charge on any atom is -0.234 e. The minimum atomic E-state index is 0.338. The van der Waals surface area contributed by atoms with E-state index in [1.165, 1.54) is 0 Å². The van der Waals surface area contributed by atoms with Gasteiger partial charge in [-0.05, 0) is 42.7 Å². The monoisotopic (exact) mass is 278 g/mol. The largest absolute Gasteiger partial charge is 0.234 e. The van der Waals surface area contributed by atoms with E-state index in [0.717, 1.165) is 22.2 Å². The standard InChI is InChI=1S/C17H11ClN2/c1-12-7-9-14-16(11-12)19-15(17(18)20-14)10-8-13-5-3-2-4-6-13/h2-7,9,11H,1H3. The number of halogens is 1. The molecule has 0 N–H and O–H groups in total. The molecule has 0 aliphatic heterocycles. The number of hydrogen-bond donors (Lipinski definition) is 0. The summed E-state index contributed by atoms with van der Waals surface area (Å²) in [6, 6.07) is 15.6. The van der Waals surface area contributed by atoms with E-state index in [0.29, 0.717) is 10.8 Å². The Labute approximate surface area is 122 Å². The van der Waals surface area contributed by atoms with Gasteiger partial charge in [0.05, 0.1) is 11.0 Å². The quantitative estimate of drug-likeness (QED) is 0.581. The van der Waals surface area contributed by atoms with Gasteiger partial charge < -0.3 is 0 Å². The predicted octanol–water partition coefficient (Wildman–Crippen LogP) is 3.99. The summed E-state index contributed by atoms with van der Waals surface area (Å²) in [5.41, 5.74) is 4.16. The number of rotatable bonds is 0. The first-order chi connectivity index (χ1) is 9.72. The van der Waals surface area contributed by atoms with Crippen molar-refractivity contribution in [3.05, 3.63) is 70.5 Å². The van der Waals surface area contributed by atoms with Crippen molar-refractivity contribution < 1.29 is 0 Å². The molecule has 0 atom stereocenters. The molecule has 3 rings (SSSR count). The van der Waals surface area contributed by atoms with Gasteiger partial charge in [-0.2, -0.15) is 0 Å². The van der Waals surface area contributed by atoms with Crippen LogP contribution in [0.25, 0.3) is 11.0 Å². The Morgan fingerprint density at radius 1 is 0.900 bits per heavy atom. The third kappa shape index (κ3) is 2.64. The van der Waals surface area contributed by atoms with Gasteiger partial charge in [0.25, 0.3) is 0 Å². The van der Waals surface area contributed by atoms with Crippen molar-refractivity contribution in [3.63, 3.8) is 0 Å². The summed E-state index contributed by atoms with van der Waals surface area (Å²) in [6.45, 7) is 2.02. The second-order valence-corrected chi connectivity index (χ2v) is 4.83. The maximum Gasteiger partial charge on any atom is 0.164 e. The third-order valence-electron chi connectivity index (χ3n) is 2.88. The van der Waals surface area contributed by atoms with Gasteiger partial charge in [0.1, 0.15) is 0 Å². The van der Waals surface area contributed by atoms with Crippen molar-refractivity contribution in [3.8, 4) is 11.8 Å². The fourth-order valence-corrected chi connectivity index (χ4v) is 2.06. The molecule has 20 heavy (non-hydrogen) atoms. The highest BCUT2D eigenvalue weighted by atomic mass is 35.5. The number of fused-ring (bicyclic) bond motifs is 1. The highest BCUT2D eigenvalue weighted by Gasteiger charge is 2.04. The van der Waals surface area contributed by atoms with Crippen molar-refractivity contribution in [2.45, 2.75) is 6.92 Å². The van der Waals surface area contributed by atoms with E-state index >= 15 is 0 Å². The molecule has 0 amide bonds. The molecule has 2 aromatic carbocycles. The van der Waals surface area contributed by atoms with Crippen LogP contribution in [0, 0.1) is 18.8 Å². The van der Waals surface area contributed by atoms with E-state index in [1.54, 1.807) is 0 Å². The van der Waals surface area contributed by atoms with Crippen LogP contribution in [0.1, 0.15) is 16.8 Å². The van der Waals surface area contributed by atoms with Gasteiger partial charge in [0.2, 0.25) is 0 Å². The van der Waals surface area contributed by atoms with Crippen LogP contribution < -0.4 is 0 Å². The Hall–Kier alpha value is -2.37. The van der Waals surface area contributed by atoms with E-state index in [4.69, 9.17) is 11.6 Å². The Morgan fingerprint density at radius 3 is 2.50 bits per heavy atom. The molecule has 0 saturated heterocycles.